The summed E-state index contributed by atoms with van der Waals surface area (Å²) < 4.78 is 0. The highest BCUT2D eigenvalue weighted by atomic mass is 16.1. The van der Waals surface area contributed by atoms with Gasteiger partial charge in [-0.1, -0.05) is 37.3 Å². The maximum Gasteiger partial charge on any atom is 0.229 e. The number of carbonyl (C=O) groups is 1. The van der Waals surface area contributed by atoms with E-state index in [1.54, 1.807) is 4.80 Å². The molecule has 1 aromatic heterocycles. The van der Waals surface area contributed by atoms with Crippen LogP contribution in [-0.4, -0.2) is 20.9 Å². The van der Waals surface area contributed by atoms with Gasteiger partial charge in [0, 0.05) is 5.69 Å². The molecule has 3 aromatic rings. The maximum absolute atomic E-state index is 12.2. The van der Waals surface area contributed by atoms with Crippen molar-refractivity contribution >= 4 is 22.6 Å². The number of anilines is 1. The van der Waals surface area contributed by atoms with Crippen LogP contribution < -0.4 is 5.32 Å². The Bertz CT molecular complexity index is 718. The average Bonchev–Trinajstić information content (AvgIpc) is 2.90. The number of fused-ring (bicyclic) bond motifs is 1. The first-order valence-electron chi connectivity index (χ1n) is 6.88. The molecule has 21 heavy (non-hydrogen) atoms. The lowest BCUT2D eigenvalue weighted by Gasteiger charge is -2.11. The quantitative estimate of drug-likeness (QED) is 0.799. The number of amides is 1. The van der Waals surface area contributed by atoms with E-state index in [0.29, 0.717) is 6.54 Å². The molecule has 0 bridgehead atoms. The number of benzene rings is 2. The third kappa shape index (κ3) is 3.08. The predicted molar refractivity (Wildman–Crippen MR) is 81.8 cm³/mol. The summed E-state index contributed by atoms with van der Waals surface area (Å²) in [5.41, 5.74) is 2.48. The van der Waals surface area contributed by atoms with E-state index >= 15 is 0 Å². The van der Waals surface area contributed by atoms with Crippen molar-refractivity contribution in [2.45, 2.75) is 13.5 Å². The van der Waals surface area contributed by atoms with Gasteiger partial charge in [0.05, 0.1) is 12.5 Å². The minimum absolute atomic E-state index is 0.0393. The van der Waals surface area contributed by atoms with Crippen molar-refractivity contribution < 1.29 is 4.79 Å². The van der Waals surface area contributed by atoms with Crippen LogP contribution in [0.25, 0.3) is 11.0 Å². The Hall–Kier alpha value is -2.69. The number of nitrogens with one attached hydrogen (secondary N) is 1. The zero-order valence-corrected chi connectivity index (χ0v) is 11.7. The SMILES string of the molecule is C[C@@H](Cn1nc2ccccc2n1)C(=O)Nc1ccccc1. The highest BCUT2D eigenvalue weighted by Crippen LogP contribution is 2.11. The molecule has 0 spiro atoms. The number of para-hydroxylation sites is 1. The van der Waals surface area contributed by atoms with Gasteiger partial charge in [-0.15, -0.1) is 0 Å². The van der Waals surface area contributed by atoms with Crippen LogP contribution in [-0.2, 0) is 11.3 Å². The summed E-state index contributed by atoms with van der Waals surface area (Å²) in [5, 5.41) is 11.6. The number of hydrogen-bond donors (Lipinski definition) is 1. The first-order chi connectivity index (χ1) is 10.2. The normalized spacial score (nSPS) is 12.2. The molecule has 0 saturated heterocycles. The minimum Gasteiger partial charge on any atom is -0.326 e. The van der Waals surface area contributed by atoms with Crippen LogP contribution in [0.2, 0.25) is 0 Å². The van der Waals surface area contributed by atoms with Crippen LogP contribution in [0.4, 0.5) is 5.69 Å². The molecular formula is C16H16N4O. The zero-order valence-electron chi connectivity index (χ0n) is 11.7. The number of rotatable bonds is 4. The minimum atomic E-state index is -0.216. The van der Waals surface area contributed by atoms with E-state index in [0.717, 1.165) is 16.7 Å². The highest BCUT2D eigenvalue weighted by Gasteiger charge is 2.15. The molecule has 3 rings (SSSR count). The summed E-state index contributed by atoms with van der Waals surface area (Å²) in [7, 11) is 0. The Labute approximate surface area is 122 Å². The van der Waals surface area contributed by atoms with Crippen molar-refractivity contribution in [3.63, 3.8) is 0 Å². The number of aromatic nitrogens is 3. The van der Waals surface area contributed by atoms with E-state index in [2.05, 4.69) is 15.5 Å². The van der Waals surface area contributed by atoms with Gasteiger partial charge in [-0.05, 0) is 24.3 Å². The molecule has 0 aliphatic heterocycles. The smallest absolute Gasteiger partial charge is 0.229 e. The van der Waals surface area contributed by atoms with Crippen molar-refractivity contribution in [2.24, 2.45) is 5.92 Å². The van der Waals surface area contributed by atoms with Gasteiger partial charge in [-0.3, -0.25) is 4.79 Å². The molecule has 5 nitrogen and oxygen atoms in total. The zero-order chi connectivity index (χ0) is 14.7. The second-order valence-electron chi connectivity index (χ2n) is 5.00. The molecule has 0 aliphatic rings. The third-order valence-corrected chi connectivity index (χ3v) is 3.25. The van der Waals surface area contributed by atoms with Crippen LogP contribution in [0.1, 0.15) is 6.92 Å². The molecule has 0 saturated carbocycles. The van der Waals surface area contributed by atoms with Gasteiger partial charge in [0.25, 0.3) is 0 Å². The second-order valence-corrected chi connectivity index (χ2v) is 5.00. The van der Waals surface area contributed by atoms with E-state index in [9.17, 15) is 4.79 Å². The van der Waals surface area contributed by atoms with Crippen molar-refractivity contribution in [3.8, 4) is 0 Å². The first-order valence-corrected chi connectivity index (χ1v) is 6.88. The molecule has 2 aromatic carbocycles. The Morgan fingerprint density at radius 2 is 1.62 bits per heavy atom. The van der Waals surface area contributed by atoms with Gasteiger partial charge in [-0.2, -0.15) is 15.0 Å². The molecular weight excluding hydrogens is 264 g/mol. The lowest BCUT2D eigenvalue weighted by Crippen LogP contribution is -2.25. The number of nitrogens with zero attached hydrogens (tertiary/aromatic N) is 3. The average molecular weight is 280 g/mol. The van der Waals surface area contributed by atoms with Crippen LogP contribution in [0.5, 0.6) is 0 Å². The van der Waals surface area contributed by atoms with Gasteiger partial charge >= 0.3 is 0 Å². The van der Waals surface area contributed by atoms with Crippen LogP contribution in [0.3, 0.4) is 0 Å². The number of hydrogen-bond acceptors (Lipinski definition) is 3. The fourth-order valence-corrected chi connectivity index (χ4v) is 2.10. The molecule has 1 heterocycles. The van der Waals surface area contributed by atoms with Gasteiger partial charge in [0.1, 0.15) is 11.0 Å². The van der Waals surface area contributed by atoms with Gasteiger partial charge in [0.15, 0.2) is 0 Å². The summed E-state index contributed by atoms with van der Waals surface area (Å²) in [6.45, 7) is 2.32. The summed E-state index contributed by atoms with van der Waals surface area (Å²) in [4.78, 5) is 13.7. The number of carbonyl (C=O) groups excluding carboxylic acids is 1. The fourth-order valence-electron chi connectivity index (χ4n) is 2.10. The molecule has 1 atom stereocenters. The second kappa shape index (κ2) is 5.75. The van der Waals surface area contributed by atoms with E-state index in [-0.39, 0.29) is 11.8 Å². The lowest BCUT2D eigenvalue weighted by atomic mass is 10.1. The summed E-state index contributed by atoms with van der Waals surface area (Å²) >= 11 is 0. The van der Waals surface area contributed by atoms with Crippen molar-refractivity contribution in [1.82, 2.24) is 15.0 Å². The van der Waals surface area contributed by atoms with Crippen molar-refractivity contribution in [2.75, 3.05) is 5.32 Å². The summed E-state index contributed by atoms with van der Waals surface area (Å²) in [5.74, 6) is -0.255. The van der Waals surface area contributed by atoms with Crippen molar-refractivity contribution in [1.29, 1.82) is 0 Å². The largest absolute Gasteiger partial charge is 0.326 e. The molecule has 0 fully saturated rings. The molecule has 1 amide bonds. The standard InChI is InChI=1S/C16H16N4O/c1-12(16(21)17-13-7-3-2-4-8-13)11-20-18-14-9-5-6-10-15(14)19-20/h2-10,12H,11H2,1H3,(H,17,21)/t12-/m0/s1. The van der Waals surface area contributed by atoms with E-state index < -0.39 is 0 Å². The van der Waals surface area contributed by atoms with Crippen LogP contribution >= 0.6 is 0 Å². The van der Waals surface area contributed by atoms with Crippen LogP contribution in [0, 0.1) is 5.92 Å². The molecule has 0 unspecified atom stereocenters. The Morgan fingerprint density at radius 3 is 2.24 bits per heavy atom. The third-order valence-electron chi connectivity index (χ3n) is 3.25. The molecule has 106 valence electrons. The monoisotopic (exact) mass is 280 g/mol. The van der Waals surface area contributed by atoms with Crippen LogP contribution in [0.15, 0.2) is 54.6 Å². The van der Waals surface area contributed by atoms with E-state index in [4.69, 9.17) is 0 Å². The Kier molecular flexibility index (Phi) is 3.64. The van der Waals surface area contributed by atoms with Crippen molar-refractivity contribution in [3.05, 3.63) is 54.6 Å². The Balaban J connectivity index is 1.67. The first kappa shape index (κ1) is 13.3. The summed E-state index contributed by atoms with van der Waals surface area (Å²) in [6, 6.07) is 17.1. The Morgan fingerprint density at radius 1 is 1.05 bits per heavy atom. The predicted octanol–water partition coefficient (Wildman–Crippen LogP) is 2.71. The van der Waals surface area contributed by atoms with Gasteiger partial charge in [-0.25, -0.2) is 0 Å². The van der Waals surface area contributed by atoms with Gasteiger partial charge in [0.2, 0.25) is 5.91 Å². The molecule has 0 aliphatic carbocycles. The molecule has 1 N–H and O–H groups in total. The van der Waals surface area contributed by atoms with E-state index in [1.807, 2.05) is 61.5 Å². The van der Waals surface area contributed by atoms with E-state index in [1.165, 1.54) is 0 Å². The fraction of sp³-hybridized carbons (Fsp3) is 0.188. The lowest BCUT2D eigenvalue weighted by molar-refractivity contribution is -0.119. The van der Waals surface area contributed by atoms with Gasteiger partial charge < -0.3 is 5.32 Å². The maximum atomic E-state index is 12.2. The topological polar surface area (TPSA) is 59.8 Å². The molecule has 5 heteroatoms. The summed E-state index contributed by atoms with van der Waals surface area (Å²) in [6.07, 6.45) is 0. The highest BCUT2D eigenvalue weighted by molar-refractivity contribution is 5.92. The molecule has 0 radical (unpaired) electrons.